The summed E-state index contributed by atoms with van der Waals surface area (Å²) in [5.41, 5.74) is 8.70. The summed E-state index contributed by atoms with van der Waals surface area (Å²) in [6, 6.07) is 23.1. The zero-order valence-corrected chi connectivity index (χ0v) is 44.8. The molecule has 6 atom stereocenters. The lowest BCUT2D eigenvalue weighted by molar-refractivity contribution is 0.0835. The molecule has 0 saturated carbocycles. The van der Waals surface area contributed by atoms with Gasteiger partial charge in [-0.1, -0.05) is 109 Å². The Balaban J connectivity index is 1.62. The molecule has 0 fully saturated rings. The molecule has 0 amide bonds. The van der Waals surface area contributed by atoms with Crippen LogP contribution in [-0.4, -0.2) is 74.7 Å². The molecule has 12 nitrogen and oxygen atoms in total. The van der Waals surface area contributed by atoms with Gasteiger partial charge in [-0.2, -0.15) is 15.3 Å². The molecule has 0 aromatic heterocycles. The summed E-state index contributed by atoms with van der Waals surface area (Å²) in [6.07, 6.45) is 11.4. The zero-order valence-electron chi connectivity index (χ0n) is 36.5. The van der Waals surface area contributed by atoms with Crippen LogP contribution in [0.2, 0.25) is 0 Å². The summed E-state index contributed by atoms with van der Waals surface area (Å²) in [7, 11) is 5.62. The summed E-state index contributed by atoms with van der Waals surface area (Å²) in [5.74, 6) is 2.08. The Hall–Kier alpha value is -2.25. The summed E-state index contributed by atoms with van der Waals surface area (Å²) in [6.45, 7) is 8.87. The number of nitrogens with zero attached hydrogens (tertiary/aromatic N) is 9. The molecule has 0 aliphatic heterocycles. The molecule has 0 spiro atoms. The van der Waals surface area contributed by atoms with Gasteiger partial charge in [0.15, 0.2) is 5.72 Å². The minimum absolute atomic E-state index is 0.597. The van der Waals surface area contributed by atoms with Crippen LogP contribution in [0.4, 0.5) is 0 Å². The molecule has 0 saturated heterocycles. The second kappa shape index (κ2) is 25.3. The first-order chi connectivity index (χ1) is 28.9. The molecule has 3 aromatic carbocycles. The van der Waals surface area contributed by atoms with E-state index in [1.54, 1.807) is 17.2 Å². The molecule has 3 rings (SSSR count). The normalized spacial score (nSPS) is 16.7. The van der Waals surface area contributed by atoms with E-state index < -0.39 is 35.6 Å². The number of hydrogen-bond acceptors (Lipinski definition) is 10. The highest BCUT2D eigenvalue weighted by molar-refractivity contribution is 14.1. The Morgan fingerprint density at radius 2 is 1.13 bits per heavy atom. The third-order valence-electron chi connectivity index (χ3n) is 9.77. The standard InChI is InChI=1S/C41H60ClIN9O3P3S3/c1-10-13-14-28-39(4,48-49-44)53-36-21-15-33(16-22-36)30-46-51(8)57(60)41(6,27-11-2)55-38-25-17-34(18-26-38)29-45-50(7)56(59)40(5,12-3)54-37-23-19-35(20-24-37)31-47-52(9)58(42,61)32-43/h15-26,29-31,56-57H,10-14,27-28,32H2,1-9H3/b45-29+,46-30+,47-31+. The summed E-state index contributed by atoms with van der Waals surface area (Å²) in [4.78, 5) is 3.02. The number of rotatable bonds is 26. The lowest BCUT2D eigenvalue weighted by atomic mass is 10.1. The summed E-state index contributed by atoms with van der Waals surface area (Å²) < 4.78 is 25.3. The molecule has 0 aliphatic rings. The lowest BCUT2D eigenvalue weighted by Gasteiger charge is -2.35. The third-order valence-corrected chi connectivity index (χ3v) is 26.9. The average molecular weight is 1080 g/mol. The summed E-state index contributed by atoms with van der Waals surface area (Å²) >= 11 is 26.3. The van der Waals surface area contributed by atoms with E-state index >= 15 is 0 Å². The van der Waals surface area contributed by atoms with Gasteiger partial charge in [0.25, 0.3) is 0 Å². The van der Waals surface area contributed by atoms with Gasteiger partial charge in [-0.15, -0.1) is 0 Å². The smallest absolute Gasteiger partial charge is 0.185 e. The number of azide groups is 1. The van der Waals surface area contributed by atoms with Gasteiger partial charge in [-0.25, -0.2) is 0 Å². The third kappa shape index (κ3) is 16.7. The zero-order chi connectivity index (χ0) is 45.3. The number of alkyl halides is 1. The number of hydrazone groups is 3. The van der Waals surface area contributed by atoms with Crippen LogP contribution in [0.3, 0.4) is 0 Å². The van der Waals surface area contributed by atoms with Gasteiger partial charge in [0, 0.05) is 26.1 Å². The van der Waals surface area contributed by atoms with Crippen LogP contribution in [-0.2, 0) is 35.4 Å². The largest absolute Gasteiger partial charge is 0.481 e. The first-order valence-corrected chi connectivity index (χ1v) is 30.6. The van der Waals surface area contributed by atoms with Crippen LogP contribution in [0.1, 0.15) is 103 Å². The molecule has 0 N–H and O–H groups in total. The molecular weight excluding hydrogens is 1020 g/mol. The van der Waals surface area contributed by atoms with Crippen molar-refractivity contribution in [3.05, 3.63) is 99.9 Å². The lowest BCUT2D eigenvalue weighted by Crippen LogP contribution is -2.31. The number of halogens is 2. The van der Waals surface area contributed by atoms with Gasteiger partial charge >= 0.3 is 0 Å². The van der Waals surface area contributed by atoms with Crippen LogP contribution in [0.25, 0.3) is 10.4 Å². The second-order valence-corrected chi connectivity index (χ2v) is 30.2. The van der Waals surface area contributed by atoms with Crippen LogP contribution < -0.4 is 14.2 Å². The Morgan fingerprint density at radius 1 is 0.705 bits per heavy atom. The predicted octanol–water partition coefficient (Wildman–Crippen LogP) is 13.4. The Morgan fingerprint density at radius 3 is 1.54 bits per heavy atom. The van der Waals surface area contributed by atoms with Crippen molar-refractivity contribution in [1.82, 2.24) is 14.3 Å². The van der Waals surface area contributed by atoms with Crippen LogP contribution in [0, 0.1) is 0 Å². The van der Waals surface area contributed by atoms with Crippen molar-refractivity contribution in [3.63, 3.8) is 0 Å². The number of ether oxygens (including phenoxy) is 3. The van der Waals surface area contributed by atoms with Crippen molar-refractivity contribution in [2.24, 2.45) is 20.4 Å². The van der Waals surface area contributed by atoms with E-state index in [1.807, 2.05) is 124 Å². The maximum Gasteiger partial charge on any atom is 0.185 e. The van der Waals surface area contributed by atoms with E-state index in [9.17, 15) is 0 Å². The number of benzene rings is 3. The number of unbranched alkanes of at least 4 members (excludes halogenated alkanes) is 2. The van der Waals surface area contributed by atoms with E-state index in [0.29, 0.717) is 22.8 Å². The average Bonchev–Trinajstić information content (AvgIpc) is 3.24. The van der Waals surface area contributed by atoms with Gasteiger partial charge in [0.2, 0.25) is 0 Å². The quantitative estimate of drug-likeness (QED) is 0.00890. The maximum atomic E-state index is 9.10. The molecule has 6 unspecified atom stereocenters. The van der Waals surface area contributed by atoms with E-state index in [4.69, 9.17) is 76.6 Å². The Labute approximate surface area is 398 Å². The van der Waals surface area contributed by atoms with E-state index in [2.05, 4.69) is 65.4 Å². The molecule has 334 valence electrons. The van der Waals surface area contributed by atoms with Crippen molar-refractivity contribution >= 4 is 107 Å². The molecule has 0 heterocycles. The topological polar surface area (TPSA) is 123 Å². The molecule has 0 radical (unpaired) electrons. The highest BCUT2D eigenvalue weighted by Gasteiger charge is 2.33. The maximum absolute atomic E-state index is 9.10. The van der Waals surface area contributed by atoms with Gasteiger partial charge in [-0.05, 0) is 147 Å². The van der Waals surface area contributed by atoms with Crippen molar-refractivity contribution < 1.29 is 14.2 Å². The van der Waals surface area contributed by atoms with Gasteiger partial charge < -0.3 is 14.2 Å². The van der Waals surface area contributed by atoms with Gasteiger partial charge in [0.1, 0.15) is 33.5 Å². The van der Waals surface area contributed by atoms with Crippen LogP contribution in [0.15, 0.2) is 93.2 Å². The van der Waals surface area contributed by atoms with Crippen molar-refractivity contribution in [2.75, 3.05) is 25.3 Å². The Bertz CT molecular complexity index is 2100. The Kier molecular flexibility index (Phi) is 22.0. The summed E-state index contributed by atoms with van der Waals surface area (Å²) in [5, 5.41) is 16.6. The number of hydrogen-bond donors (Lipinski definition) is 0. The van der Waals surface area contributed by atoms with Crippen molar-refractivity contribution in [3.8, 4) is 17.2 Å². The van der Waals surface area contributed by atoms with Gasteiger partial charge in [0.05, 0.1) is 36.5 Å². The fourth-order valence-electron chi connectivity index (χ4n) is 5.91. The van der Waals surface area contributed by atoms with Crippen LogP contribution in [0.5, 0.6) is 17.2 Å². The molecule has 3 aromatic rings. The minimum atomic E-state index is -2.17. The van der Waals surface area contributed by atoms with E-state index in [0.717, 1.165) is 60.3 Å². The molecular formula is C41H60ClIN9O3P3S3. The molecule has 0 bridgehead atoms. The van der Waals surface area contributed by atoms with Gasteiger partial charge in [-0.3, -0.25) is 14.3 Å². The first-order valence-electron chi connectivity index (χ1n) is 20.1. The van der Waals surface area contributed by atoms with E-state index in [-0.39, 0.29) is 0 Å². The monoisotopic (exact) mass is 1080 g/mol. The highest BCUT2D eigenvalue weighted by atomic mass is 127. The highest BCUT2D eigenvalue weighted by Crippen LogP contribution is 2.56. The second-order valence-electron chi connectivity index (χ2n) is 15.0. The van der Waals surface area contributed by atoms with Crippen molar-refractivity contribution in [1.29, 1.82) is 0 Å². The predicted molar refractivity (Wildman–Crippen MR) is 281 cm³/mol. The van der Waals surface area contributed by atoms with Crippen molar-refractivity contribution in [2.45, 2.75) is 103 Å². The molecule has 0 aliphatic carbocycles. The fourth-order valence-corrected chi connectivity index (χ4v) is 12.0. The SMILES string of the molecule is CCCCCC(C)(N=[N+]=[N-])Oc1ccc(/C=N/N(C)[PH](=S)C(C)(CCC)Oc2ccc(/C=N/N(C)[PH](=S)C(C)(CC)Oc3ccc(/C=N/N(C)P(=S)(Cl)CI)cc3)cc2)cc1. The van der Waals surface area contributed by atoms with E-state index in [1.165, 1.54) is 0 Å². The fraction of sp³-hybridized carbons (Fsp3) is 0.488. The van der Waals surface area contributed by atoms with Crippen LogP contribution >= 0.6 is 53.1 Å². The molecule has 61 heavy (non-hydrogen) atoms. The minimum Gasteiger partial charge on any atom is -0.481 e. The molecule has 20 heteroatoms. The first kappa shape index (κ1) is 53.1.